The third-order valence-electron chi connectivity index (χ3n) is 5.01. The molecule has 0 spiro atoms. The molecule has 0 aromatic heterocycles. The first-order valence-electron chi connectivity index (χ1n) is 9.95. The van der Waals surface area contributed by atoms with Gasteiger partial charge in [-0.05, 0) is 36.8 Å². The largest absolute Gasteiger partial charge is 0.379 e. The average Bonchev–Trinajstić information content (AvgIpc) is 2.79. The van der Waals surface area contributed by atoms with Crippen LogP contribution in [-0.2, 0) is 26.1 Å². The van der Waals surface area contributed by atoms with E-state index in [9.17, 15) is 22.0 Å². The lowest BCUT2D eigenvalue weighted by Crippen LogP contribution is -2.40. The van der Waals surface area contributed by atoms with Crippen LogP contribution in [-0.4, -0.2) is 58.0 Å². The minimum atomic E-state index is -3.56. The first-order valence-corrected chi connectivity index (χ1v) is 11.4. The lowest BCUT2D eigenvalue weighted by Gasteiger charge is -2.26. The summed E-state index contributed by atoms with van der Waals surface area (Å²) in [6.07, 6.45) is 0. The summed E-state index contributed by atoms with van der Waals surface area (Å²) in [7, 11) is -3.56. The summed E-state index contributed by atoms with van der Waals surface area (Å²) >= 11 is 0. The van der Waals surface area contributed by atoms with Gasteiger partial charge in [0, 0.05) is 37.9 Å². The number of likely N-dealkylation sites (N-methyl/N-ethyl adjacent to an activating group) is 1. The van der Waals surface area contributed by atoms with Crippen LogP contribution in [0, 0.1) is 11.6 Å². The van der Waals surface area contributed by atoms with Gasteiger partial charge in [-0.15, -0.1) is 0 Å². The first-order chi connectivity index (χ1) is 14.8. The van der Waals surface area contributed by atoms with Gasteiger partial charge < -0.3 is 15.0 Å². The molecular formula is C21H25F2N3O4S. The van der Waals surface area contributed by atoms with Gasteiger partial charge in [-0.1, -0.05) is 12.1 Å². The fourth-order valence-corrected chi connectivity index (χ4v) is 4.62. The number of benzene rings is 2. The zero-order valence-corrected chi connectivity index (χ0v) is 18.0. The molecule has 1 fully saturated rings. The van der Waals surface area contributed by atoms with Gasteiger partial charge in [0.15, 0.2) is 11.6 Å². The van der Waals surface area contributed by atoms with E-state index in [1.807, 2.05) is 6.92 Å². The number of amides is 1. The van der Waals surface area contributed by atoms with E-state index in [-0.39, 0.29) is 23.9 Å². The number of ether oxygens (including phenoxy) is 1. The number of carbonyl (C=O) groups excluding carboxylic acids is 1. The van der Waals surface area contributed by atoms with Gasteiger partial charge in [0.1, 0.15) is 0 Å². The Bertz CT molecular complexity index is 1010. The lowest BCUT2D eigenvalue weighted by molar-refractivity contribution is -0.119. The number of sulfonamides is 1. The Hall–Kier alpha value is -2.56. The van der Waals surface area contributed by atoms with Gasteiger partial charge in [0.2, 0.25) is 15.9 Å². The summed E-state index contributed by atoms with van der Waals surface area (Å²) in [4.78, 5) is 14.1. The summed E-state index contributed by atoms with van der Waals surface area (Å²) in [5, 5.41) is 2.76. The van der Waals surface area contributed by atoms with E-state index in [0.29, 0.717) is 38.5 Å². The predicted octanol–water partition coefficient (Wildman–Crippen LogP) is 2.13. The molecule has 0 atom stereocenters. The van der Waals surface area contributed by atoms with E-state index >= 15 is 0 Å². The van der Waals surface area contributed by atoms with Crippen molar-refractivity contribution in [3.05, 3.63) is 59.7 Å². The zero-order valence-electron chi connectivity index (χ0n) is 17.2. The van der Waals surface area contributed by atoms with Crippen LogP contribution in [0.1, 0.15) is 12.5 Å². The van der Waals surface area contributed by atoms with Crippen molar-refractivity contribution in [3.63, 3.8) is 0 Å². The molecule has 1 aliphatic rings. The number of halogens is 2. The average molecular weight is 454 g/mol. The normalized spacial score (nSPS) is 14.9. The number of morpholine rings is 1. The Morgan fingerprint density at radius 1 is 1.10 bits per heavy atom. The van der Waals surface area contributed by atoms with Gasteiger partial charge in [-0.25, -0.2) is 17.2 Å². The number of rotatable bonds is 8. The highest BCUT2D eigenvalue weighted by molar-refractivity contribution is 7.89. The summed E-state index contributed by atoms with van der Waals surface area (Å²) < 4.78 is 58.5. The van der Waals surface area contributed by atoms with Crippen LogP contribution in [0.15, 0.2) is 47.4 Å². The molecule has 168 valence electrons. The monoisotopic (exact) mass is 453 g/mol. The molecule has 2 aromatic carbocycles. The van der Waals surface area contributed by atoms with Gasteiger partial charge in [-0.2, -0.15) is 4.31 Å². The van der Waals surface area contributed by atoms with Crippen LogP contribution in [0.4, 0.5) is 14.5 Å². The van der Waals surface area contributed by atoms with Crippen molar-refractivity contribution in [3.8, 4) is 0 Å². The highest BCUT2D eigenvalue weighted by atomic mass is 32.2. The number of nitrogens with one attached hydrogen (secondary N) is 1. The van der Waals surface area contributed by atoms with Crippen molar-refractivity contribution >= 4 is 21.6 Å². The molecule has 1 N–H and O–H groups in total. The van der Waals surface area contributed by atoms with Gasteiger partial charge in [0.25, 0.3) is 0 Å². The Kier molecular flexibility index (Phi) is 7.58. The molecule has 1 saturated heterocycles. The maximum atomic E-state index is 13.5. The number of anilines is 1. The lowest BCUT2D eigenvalue weighted by atomic mass is 10.2. The molecule has 0 aliphatic carbocycles. The van der Waals surface area contributed by atoms with Crippen molar-refractivity contribution in [1.29, 1.82) is 0 Å². The van der Waals surface area contributed by atoms with Gasteiger partial charge in [0.05, 0.1) is 24.7 Å². The van der Waals surface area contributed by atoms with Crippen LogP contribution in [0.5, 0.6) is 0 Å². The maximum Gasteiger partial charge on any atom is 0.243 e. The van der Waals surface area contributed by atoms with E-state index in [0.717, 1.165) is 17.7 Å². The fourth-order valence-electron chi connectivity index (χ4n) is 3.21. The topological polar surface area (TPSA) is 79.0 Å². The molecule has 0 bridgehead atoms. The quantitative estimate of drug-likeness (QED) is 0.663. The number of hydrogen-bond donors (Lipinski definition) is 1. The summed E-state index contributed by atoms with van der Waals surface area (Å²) in [6, 6.07) is 9.85. The fraction of sp³-hybridized carbons (Fsp3) is 0.381. The van der Waals surface area contributed by atoms with Crippen molar-refractivity contribution in [2.75, 3.05) is 44.3 Å². The zero-order chi connectivity index (χ0) is 22.4. The minimum Gasteiger partial charge on any atom is -0.379 e. The van der Waals surface area contributed by atoms with Crippen LogP contribution < -0.4 is 10.2 Å². The molecule has 7 nitrogen and oxygen atoms in total. The van der Waals surface area contributed by atoms with Crippen molar-refractivity contribution in [2.24, 2.45) is 0 Å². The number of carbonyl (C=O) groups is 1. The second-order valence-corrected chi connectivity index (χ2v) is 8.99. The van der Waals surface area contributed by atoms with Crippen LogP contribution in [0.2, 0.25) is 0 Å². The smallest absolute Gasteiger partial charge is 0.243 e. The first kappa shape index (κ1) is 23.1. The molecule has 10 heteroatoms. The van der Waals surface area contributed by atoms with E-state index in [4.69, 9.17) is 4.74 Å². The van der Waals surface area contributed by atoms with E-state index in [1.165, 1.54) is 22.5 Å². The molecule has 3 rings (SSSR count). The Balaban J connectivity index is 1.56. The minimum absolute atomic E-state index is 0.0228. The number of nitrogens with zero attached hydrogens (tertiary/aromatic N) is 2. The van der Waals surface area contributed by atoms with Crippen LogP contribution in [0.3, 0.4) is 0 Å². The molecule has 0 unspecified atom stereocenters. The summed E-state index contributed by atoms with van der Waals surface area (Å²) in [6.45, 7) is 3.84. The molecule has 0 saturated carbocycles. The van der Waals surface area contributed by atoms with Crippen LogP contribution in [0.25, 0.3) is 0 Å². The highest BCUT2D eigenvalue weighted by Crippen LogP contribution is 2.19. The molecular weight excluding hydrogens is 428 g/mol. The molecule has 0 radical (unpaired) electrons. The second kappa shape index (κ2) is 10.2. The van der Waals surface area contributed by atoms with Gasteiger partial charge >= 0.3 is 0 Å². The Morgan fingerprint density at radius 3 is 2.39 bits per heavy atom. The van der Waals surface area contributed by atoms with Crippen LogP contribution >= 0.6 is 0 Å². The Morgan fingerprint density at radius 2 is 1.77 bits per heavy atom. The third kappa shape index (κ3) is 5.78. The SMILES string of the molecule is CCN(CC(=O)NCc1ccc(S(=O)(=O)N2CCOCC2)cc1)c1ccc(F)c(F)c1. The Labute approximate surface area is 180 Å². The maximum absolute atomic E-state index is 13.5. The molecule has 2 aromatic rings. The van der Waals surface area contributed by atoms with Crippen molar-refractivity contribution in [2.45, 2.75) is 18.4 Å². The summed E-state index contributed by atoms with van der Waals surface area (Å²) in [5.41, 5.74) is 1.15. The summed E-state index contributed by atoms with van der Waals surface area (Å²) in [5.74, 6) is -2.21. The molecule has 31 heavy (non-hydrogen) atoms. The molecule has 1 amide bonds. The van der Waals surface area contributed by atoms with E-state index < -0.39 is 21.7 Å². The highest BCUT2D eigenvalue weighted by Gasteiger charge is 2.26. The van der Waals surface area contributed by atoms with E-state index in [2.05, 4.69) is 5.32 Å². The number of hydrogen-bond acceptors (Lipinski definition) is 5. The van der Waals surface area contributed by atoms with Crippen molar-refractivity contribution < 1.29 is 26.7 Å². The van der Waals surface area contributed by atoms with Crippen molar-refractivity contribution in [1.82, 2.24) is 9.62 Å². The van der Waals surface area contributed by atoms with E-state index in [1.54, 1.807) is 17.0 Å². The predicted molar refractivity (Wildman–Crippen MR) is 112 cm³/mol. The molecule has 1 heterocycles. The molecule has 1 aliphatic heterocycles. The van der Waals surface area contributed by atoms with Gasteiger partial charge in [-0.3, -0.25) is 4.79 Å². The standard InChI is InChI=1S/C21H25F2N3O4S/c1-2-25(17-5-8-19(22)20(23)13-17)15-21(27)24-14-16-3-6-18(7-4-16)31(28,29)26-9-11-30-12-10-26/h3-8,13H,2,9-12,14-15H2,1H3,(H,24,27). The third-order valence-corrected chi connectivity index (χ3v) is 6.92. The second-order valence-electron chi connectivity index (χ2n) is 7.05.